The Kier molecular flexibility index (Phi) is 5.14. The number of benzene rings is 1. The van der Waals surface area contributed by atoms with Crippen molar-refractivity contribution >= 4 is 27.9 Å². The van der Waals surface area contributed by atoms with Crippen LogP contribution in [0.4, 0.5) is 5.69 Å². The monoisotopic (exact) mass is 337 g/mol. The van der Waals surface area contributed by atoms with Gasteiger partial charge in [0.2, 0.25) is 5.09 Å². The lowest BCUT2D eigenvalue weighted by Crippen LogP contribution is -2.25. The number of amides is 1. The summed E-state index contributed by atoms with van der Waals surface area (Å²) < 4.78 is 35.2. The van der Waals surface area contributed by atoms with E-state index in [1.54, 1.807) is 0 Å². The molecular weight excluding hydrogens is 322 g/mol. The third-order valence-electron chi connectivity index (χ3n) is 2.74. The molecule has 0 spiro atoms. The van der Waals surface area contributed by atoms with Gasteiger partial charge in [0, 0.05) is 5.69 Å². The first kappa shape index (κ1) is 16.7. The highest BCUT2D eigenvalue weighted by molar-refractivity contribution is 7.85. The summed E-state index contributed by atoms with van der Waals surface area (Å²) in [6.45, 7) is 1.99. The minimum atomic E-state index is -4.39. The lowest BCUT2D eigenvalue weighted by Gasteiger charge is -2.05. The van der Waals surface area contributed by atoms with Crippen molar-refractivity contribution in [2.75, 3.05) is 11.9 Å². The van der Waals surface area contributed by atoms with Gasteiger partial charge in [-0.05, 0) is 31.2 Å². The topological polar surface area (TPSA) is 121 Å². The predicted molar refractivity (Wildman–Crippen MR) is 83.9 cm³/mol. The van der Waals surface area contributed by atoms with Crippen LogP contribution in [0.25, 0.3) is 0 Å². The van der Waals surface area contributed by atoms with Gasteiger partial charge in [-0.1, -0.05) is 17.7 Å². The first-order valence-corrected chi connectivity index (χ1v) is 7.98. The number of carbonyl (C=O) groups is 1. The Bertz CT molecular complexity index is 809. The molecule has 3 N–H and O–H groups in total. The number of hydrazone groups is 1. The van der Waals surface area contributed by atoms with Gasteiger partial charge in [0.05, 0.1) is 12.8 Å². The molecule has 0 bridgehead atoms. The van der Waals surface area contributed by atoms with E-state index < -0.39 is 15.2 Å². The van der Waals surface area contributed by atoms with Gasteiger partial charge >= 0.3 is 10.1 Å². The van der Waals surface area contributed by atoms with Gasteiger partial charge in [-0.3, -0.25) is 9.35 Å². The molecule has 8 nitrogen and oxygen atoms in total. The molecule has 0 atom stereocenters. The lowest BCUT2D eigenvalue weighted by atomic mass is 10.2. The summed E-state index contributed by atoms with van der Waals surface area (Å²) in [5.41, 5.74) is 4.18. The van der Waals surface area contributed by atoms with Crippen molar-refractivity contribution in [3.63, 3.8) is 0 Å². The van der Waals surface area contributed by atoms with Crippen LogP contribution in [0.1, 0.15) is 11.3 Å². The number of anilines is 1. The highest BCUT2D eigenvalue weighted by Crippen LogP contribution is 2.11. The molecule has 1 heterocycles. The van der Waals surface area contributed by atoms with Crippen LogP contribution in [0, 0.1) is 6.92 Å². The maximum Gasteiger partial charge on any atom is 0.328 e. The van der Waals surface area contributed by atoms with Crippen LogP contribution in [-0.4, -0.2) is 31.6 Å². The van der Waals surface area contributed by atoms with Crippen LogP contribution in [-0.2, 0) is 14.9 Å². The summed E-state index contributed by atoms with van der Waals surface area (Å²) in [7, 11) is -4.39. The van der Waals surface area contributed by atoms with Crippen molar-refractivity contribution in [3.05, 3.63) is 47.7 Å². The van der Waals surface area contributed by atoms with Gasteiger partial charge in [-0.25, -0.2) is 5.43 Å². The van der Waals surface area contributed by atoms with Gasteiger partial charge in [0.15, 0.2) is 0 Å². The maximum absolute atomic E-state index is 11.6. The Hall–Kier alpha value is -2.65. The summed E-state index contributed by atoms with van der Waals surface area (Å²) in [5.74, 6) is -0.312. The molecule has 1 aromatic carbocycles. The maximum atomic E-state index is 11.6. The summed E-state index contributed by atoms with van der Waals surface area (Å²) >= 11 is 0. The number of rotatable bonds is 6. The molecule has 1 amide bonds. The minimum Gasteiger partial charge on any atom is -0.441 e. The highest BCUT2D eigenvalue weighted by atomic mass is 32.2. The fraction of sp³-hybridized carbons (Fsp3) is 0.143. The second kappa shape index (κ2) is 7.07. The van der Waals surface area contributed by atoms with Crippen molar-refractivity contribution in [1.29, 1.82) is 0 Å². The second-order valence-electron chi connectivity index (χ2n) is 4.64. The average Bonchev–Trinajstić information content (AvgIpc) is 2.96. The first-order chi connectivity index (χ1) is 10.8. The molecule has 0 aliphatic rings. The number of nitrogens with zero attached hydrogens (tertiary/aromatic N) is 1. The van der Waals surface area contributed by atoms with Crippen LogP contribution in [0.5, 0.6) is 0 Å². The molecule has 23 heavy (non-hydrogen) atoms. The molecular formula is C14H15N3O5S. The van der Waals surface area contributed by atoms with Gasteiger partial charge in [-0.15, -0.1) is 0 Å². The van der Waals surface area contributed by atoms with Crippen LogP contribution < -0.4 is 10.7 Å². The van der Waals surface area contributed by atoms with E-state index in [1.165, 1.54) is 6.07 Å². The molecule has 1 aromatic heterocycles. The summed E-state index contributed by atoms with van der Waals surface area (Å²) in [4.78, 5) is 11.6. The highest BCUT2D eigenvalue weighted by Gasteiger charge is 2.13. The number of aryl methyl sites for hydroxylation is 1. The van der Waals surface area contributed by atoms with Crippen molar-refractivity contribution < 1.29 is 22.2 Å². The zero-order valence-corrected chi connectivity index (χ0v) is 13.0. The van der Waals surface area contributed by atoms with Gasteiger partial charge in [0.25, 0.3) is 5.91 Å². The van der Waals surface area contributed by atoms with E-state index in [1.807, 2.05) is 31.2 Å². The standard InChI is InChI=1S/C14H15N3O5S/c1-10-2-4-11(5-3-10)15-9-13(18)17-16-8-12-6-7-14(22-12)23(19,20)21/h2-8,15H,9H2,1H3,(H,17,18)(H,19,20,21)/b16-8-. The van der Waals surface area contributed by atoms with E-state index in [9.17, 15) is 13.2 Å². The number of hydrogen-bond donors (Lipinski definition) is 3. The Labute approximate surface area is 132 Å². The van der Waals surface area contributed by atoms with Gasteiger partial charge < -0.3 is 9.73 Å². The molecule has 2 rings (SSSR count). The summed E-state index contributed by atoms with van der Waals surface area (Å²) in [6.07, 6.45) is 1.12. The van der Waals surface area contributed by atoms with Crippen molar-refractivity contribution in [1.82, 2.24) is 5.43 Å². The summed E-state index contributed by atoms with van der Waals surface area (Å²) in [5, 5.41) is 5.96. The Morgan fingerprint density at radius 3 is 2.57 bits per heavy atom. The smallest absolute Gasteiger partial charge is 0.328 e. The molecule has 0 aliphatic carbocycles. The molecule has 0 fully saturated rings. The molecule has 0 aliphatic heterocycles. The van der Waals surface area contributed by atoms with Crippen LogP contribution >= 0.6 is 0 Å². The van der Waals surface area contributed by atoms with Crippen LogP contribution in [0.2, 0.25) is 0 Å². The SMILES string of the molecule is Cc1ccc(NCC(=O)N/N=C\c2ccc(S(=O)(=O)O)o2)cc1. The van der Waals surface area contributed by atoms with Crippen molar-refractivity contribution in [2.24, 2.45) is 5.10 Å². The fourth-order valence-electron chi connectivity index (χ4n) is 1.60. The van der Waals surface area contributed by atoms with E-state index in [0.717, 1.165) is 23.5 Å². The van der Waals surface area contributed by atoms with E-state index in [4.69, 9.17) is 8.97 Å². The van der Waals surface area contributed by atoms with Crippen LogP contribution in [0.3, 0.4) is 0 Å². The normalized spacial score (nSPS) is 11.6. The Morgan fingerprint density at radius 2 is 1.96 bits per heavy atom. The fourth-order valence-corrected chi connectivity index (χ4v) is 2.05. The molecule has 0 unspecified atom stereocenters. The number of furan rings is 1. The molecule has 0 saturated heterocycles. The summed E-state index contributed by atoms with van der Waals surface area (Å²) in [6, 6.07) is 9.92. The Morgan fingerprint density at radius 1 is 1.26 bits per heavy atom. The number of hydrogen-bond acceptors (Lipinski definition) is 6. The van der Waals surface area contributed by atoms with Crippen LogP contribution in [0.15, 0.2) is 51.0 Å². The zero-order valence-electron chi connectivity index (χ0n) is 12.2. The molecule has 2 aromatic rings. The number of nitrogens with one attached hydrogen (secondary N) is 2. The zero-order chi connectivity index (χ0) is 16.9. The Balaban J connectivity index is 1.82. The van der Waals surface area contributed by atoms with Crippen molar-refractivity contribution in [3.8, 4) is 0 Å². The predicted octanol–water partition coefficient (Wildman–Crippen LogP) is 1.40. The molecule has 9 heteroatoms. The first-order valence-electron chi connectivity index (χ1n) is 6.54. The lowest BCUT2D eigenvalue weighted by molar-refractivity contribution is -0.119. The average molecular weight is 337 g/mol. The van der Waals surface area contributed by atoms with E-state index in [2.05, 4.69) is 15.8 Å². The van der Waals surface area contributed by atoms with Gasteiger partial charge in [-0.2, -0.15) is 13.5 Å². The van der Waals surface area contributed by atoms with Crippen molar-refractivity contribution in [2.45, 2.75) is 12.0 Å². The van der Waals surface area contributed by atoms with Gasteiger partial charge in [0.1, 0.15) is 5.76 Å². The van der Waals surface area contributed by atoms with E-state index >= 15 is 0 Å². The third kappa shape index (κ3) is 5.24. The minimum absolute atomic E-state index is 0.0226. The molecule has 122 valence electrons. The molecule has 0 radical (unpaired) electrons. The second-order valence-corrected chi connectivity index (χ2v) is 6.00. The van der Waals surface area contributed by atoms with E-state index in [0.29, 0.717) is 0 Å². The third-order valence-corrected chi connectivity index (χ3v) is 3.47. The quantitative estimate of drug-likeness (QED) is 0.416. The van der Waals surface area contributed by atoms with E-state index in [-0.39, 0.29) is 18.2 Å². The number of carbonyl (C=O) groups excluding carboxylic acids is 1. The molecule has 0 saturated carbocycles. The largest absolute Gasteiger partial charge is 0.441 e.